The smallest absolute Gasteiger partial charge is 0.231 e. The molecule has 1 aliphatic carbocycles. The Bertz CT molecular complexity index is 427. The van der Waals surface area contributed by atoms with Gasteiger partial charge in [0.25, 0.3) is 0 Å². The Morgan fingerprint density at radius 1 is 1.11 bits per heavy atom. The third kappa shape index (κ3) is 2.25. The fourth-order valence-corrected chi connectivity index (χ4v) is 2.60. The molecular weight excluding hydrogens is 230 g/mol. The van der Waals surface area contributed by atoms with E-state index in [1.165, 1.54) is 19.3 Å². The van der Waals surface area contributed by atoms with Gasteiger partial charge in [0, 0.05) is 18.2 Å². The fourth-order valence-electron chi connectivity index (χ4n) is 2.60. The zero-order valence-corrected chi connectivity index (χ0v) is 10.5. The molecule has 2 aliphatic rings. The van der Waals surface area contributed by atoms with Crippen molar-refractivity contribution < 1.29 is 14.2 Å². The van der Waals surface area contributed by atoms with Crippen molar-refractivity contribution in [1.82, 2.24) is 0 Å². The minimum Gasteiger partial charge on any atom is -0.490 e. The molecule has 4 heteroatoms. The van der Waals surface area contributed by atoms with Gasteiger partial charge in [-0.15, -0.1) is 0 Å². The molecule has 0 unspecified atom stereocenters. The molecule has 1 aliphatic heterocycles. The lowest BCUT2D eigenvalue weighted by Crippen LogP contribution is -2.20. The van der Waals surface area contributed by atoms with E-state index < -0.39 is 0 Å². The summed E-state index contributed by atoms with van der Waals surface area (Å²) < 4.78 is 16.8. The van der Waals surface area contributed by atoms with Crippen LogP contribution >= 0.6 is 0 Å². The van der Waals surface area contributed by atoms with E-state index in [9.17, 15) is 0 Å². The van der Waals surface area contributed by atoms with Gasteiger partial charge in [-0.1, -0.05) is 6.42 Å². The first-order valence-electron chi connectivity index (χ1n) is 6.66. The molecule has 0 atom stereocenters. The molecule has 18 heavy (non-hydrogen) atoms. The van der Waals surface area contributed by atoms with Crippen molar-refractivity contribution >= 4 is 0 Å². The molecule has 0 saturated heterocycles. The summed E-state index contributed by atoms with van der Waals surface area (Å²) in [5.74, 6) is 2.39. The molecule has 98 valence electrons. The van der Waals surface area contributed by atoms with Crippen LogP contribution in [0.25, 0.3) is 0 Å². The first-order chi connectivity index (χ1) is 8.86. The van der Waals surface area contributed by atoms with Gasteiger partial charge in [0.1, 0.15) is 5.75 Å². The molecule has 1 heterocycles. The van der Waals surface area contributed by atoms with E-state index in [4.69, 9.17) is 19.9 Å². The maximum Gasteiger partial charge on any atom is 0.231 e. The molecule has 0 bridgehead atoms. The van der Waals surface area contributed by atoms with Gasteiger partial charge in [-0.25, -0.2) is 0 Å². The molecule has 1 aromatic rings. The largest absolute Gasteiger partial charge is 0.490 e. The minimum absolute atomic E-state index is 0.284. The van der Waals surface area contributed by atoms with E-state index in [-0.39, 0.29) is 6.79 Å². The van der Waals surface area contributed by atoms with Crippen molar-refractivity contribution in [3.63, 3.8) is 0 Å². The molecular formula is C14H19NO3. The first kappa shape index (κ1) is 11.7. The number of benzene rings is 1. The highest BCUT2D eigenvalue weighted by Crippen LogP contribution is 2.39. The minimum atomic E-state index is 0.284. The SMILES string of the molecule is NCc1cc2c(cc1OC1CCCCC1)OCO2. The number of hydrogen-bond donors (Lipinski definition) is 1. The molecule has 1 fully saturated rings. The second-order valence-electron chi connectivity index (χ2n) is 4.90. The third-order valence-corrected chi connectivity index (χ3v) is 3.62. The standard InChI is InChI=1S/C14H19NO3/c15-8-10-6-13-14(17-9-16-13)7-12(10)18-11-4-2-1-3-5-11/h6-7,11H,1-5,8-9,15H2. The number of rotatable bonds is 3. The van der Waals surface area contributed by atoms with Crippen molar-refractivity contribution in [3.05, 3.63) is 17.7 Å². The molecule has 0 spiro atoms. The van der Waals surface area contributed by atoms with Crippen LogP contribution in [0.15, 0.2) is 12.1 Å². The number of hydrogen-bond acceptors (Lipinski definition) is 4. The highest BCUT2D eigenvalue weighted by Gasteiger charge is 2.21. The third-order valence-electron chi connectivity index (χ3n) is 3.62. The molecule has 1 aromatic carbocycles. The summed E-state index contributed by atoms with van der Waals surface area (Å²) in [4.78, 5) is 0. The number of nitrogens with two attached hydrogens (primary N) is 1. The Morgan fingerprint density at radius 2 is 1.83 bits per heavy atom. The van der Waals surface area contributed by atoms with Crippen LogP contribution in [0.3, 0.4) is 0 Å². The van der Waals surface area contributed by atoms with E-state index >= 15 is 0 Å². The normalized spacial score (nSPS) is 18.9. The van der Waals surface area contributed by atoms with Crippen molar-refractivity contribution in [2.45, 2.75) is 44.8 Å². The van der Waals surface area contributed by atoms with Gasteiger partial charge in [-0.3, -0.25) is 0 Å². The van der Waals surface area contributed by atoms with E-state index in [0.29, 0.717) is 12.6 Å². The predicted molar refractivity (Wildman–Crippen MR) is 68.0 cm³/mol. The fraction of sp³-hybridized carbons (Fsp3) is 0.571. The van der Waals surface area contributed by atoms with Gasteiger partial charge in [-0.2, -0.15) is 0 Å². The lowest BCUT2D eigenvalue weighted by molar-refractivity contribution is 0.152. The summed E-state index contributed by atoms with van der Waals surface area (Å²) in [6, 6.07) is 3.85. The molecule has 3 rings (SSSR count). The monoisotopic (exact) mass is 249 g/mol. The zero-order chi connectivity index (χ0) is 12.4. The molecule has 1 saturated carbocycles. The summed E-state index contributed by atoms with van der Waals surface area (Å²) in [6.45, 7) is 0.741. The van der Waals surface area contributed by atoms with Gasteiger partial charge >= 0.3 is 0 Å². The quantitative estimate of drug-likeness (QED) is 0.894. The average molecular weight is 249 g/mol. The lowest BCUT2D eigenvalue weighted by atomic mass is 9.97. The Labute approximate surface area is 107 Å². The molecule has 2 N–H and O–H groups in total. The van der Waals surface area contributed by atoms with Gasteiger partial charge in [-0.05, 0) is 31.7 Å². The second kappa shape index (κ2) is 5.06. The summed E-state index contributed by atoms with van der Waals surface area (Å²) in [5.41, 5.74) is 6.76. The number of ether oxygens (including phenoxy) is 3. The van der Waals surface area contributed by atoms with Crippen LogP contribution in [0, 0.1) is 0 Å². The van der Waals surface area contributed by atoms with Crippen molar-refractivity contribution in [2.24, 2.45) is 5.73 Å². The van der Waals surface area contributed by atoms with Crippen LogP contribution in [0.2, 0.25) is 0 Å². The molecule has 0 amide bonds. The summed E-state index contributed by atoms with van der Waals surface area (Å²) in [7, 11) is 0. The van der Waals surface area contributed by atoms with Crippen LogP contribution in [0.1, 0.15) is 37.7 Å². The summed E-state index contributed by atoms with van der Waals surface area (Å²) in [6.07, 6.45) is 6.44. The van der Waals surface area contributed by atoms with E-state index in [1.54, 1.807) is 0 Å². The van der Waals surface area contributed by atoms with Gasteiger partial charge < -0.3 is 19.9 Å². The van der Waals surface area contributed by atoms with Crippen LogP contribution in [-0.2, 0) is 6.54 Å². The maximum absolute atomic E-state index is 6.09. The van der Waals surface area contributed by atoms with E-state index in [1.807, 2.05) is 12.1 Å². The topological polar surface area (TPSA) is 53.7 Å². The van der Waals surface area contributed by atoms with Crippen molar-refractivity contribution in [3.8, 4) is 17.2 Å². The Morgan fingerprint density at radius 3 is 2.56 bits per heavy atom. The van der Waals surface area contributed by atoms with Crippen molar-refractivity contribution in [2.75, 3.05) is 6.79 Å². The highest BCUT2D eigenvalue weighted by molar-refractivity contribution is 5.51. The second-order valence-corrected chi connectivity index (χ2v) is 4.90. The van der Waals surface area contributed by atoms with E-state index in [0.717, 1.165) is 35.7 Å². The molecule has 0 aromatic heterocycles. The van der Waals surface area contributed by atoms with Crippen LogP contribution < -0.4 is 19.9 Å². The van der Waals surface area contributed by atoms with Crippen LogP contribution in [-0.4, -0.2) is 12.9 Å². The predicted octanol–water partition coefficient (Wildman–Crippen LogP) is 2.59. The maximum atomic E-state index is 6.09. The summed E-state index contributed by atoms with van der Waals surface area (Å²) in [5, 5.41) is 0. The van der Waals surface area contributed by atoms with Gasteiger partial charge in [0.2, 0.25) is 6.79 Å². The Kier molecular flexibility index (Phi) is 3.28. The first-order valence-corrected chi connectivity index (χ1v) is 6.66. The Balaban J connectivity index is 1.81. The lowest BCUT2D eigenvalue weighted by Gasteiger charge is -2.24. The van der Waals surface area contributed by atoms with Gasteiger partial charge in [0.05, 0.1) is 6.10 Å². The summed E-state index contributed by atoms with van der Waals surface area (Å²) >= 11 is 0. The van der Waals surface area contributed by atoms with Crippen molar-refractivity contribution in [1.29, 1.82) is 0 Å². The Hall–Kier alpha value is -1.42. The van der Waals surface area contributed by atoms with Crippen LogP contribution in [0.4, 0.5) is 0 Å². The molecule has 4 nitrogen and oxygen atoms in total. The van der Waals surface area contributed by atoms with E-state index in [2.05, 4.69) is 0 Å². The van der Waals surface area contributed by atoms with Gasteiger partial charge in [0.15, 0.2) is 11.5 Å². The zero-order valence-electron chi connectivity index (χ0n) is 10.5. The molecule has 0 radical (unpaired) electrons. The number of fused-ring (bicyclic) bond motifs is 1. The highest BCUT2D eigenvalue weighted by atomic mass is 16.7. The van der Waals surface area contributed by atoms with Crippen LogP contribution in [0.5, 0.6) is 17.2 Å². The average Bonchev–Trinajstić information content (AvgIpc) is 2.86.